The Morgan fingerprint density at radius 2 is 1.89 bits per heavy atom. The quantitative estimate of drug-likeness (QED) is 0.406. The number of esters is 1. The van der Waals surface area contributed by atoms with Crippen molar-refractivity contribution >= 4 is 29.5 Å². The fourth-order valence-electron chi connectivity index (χ4n) is 6.07. The first-order valence-corrected chi connectivity index (χ1v) is 13.6. The van der Waals surface area contributed by atoms with Gasteiger partial charge in [-0.25, -0.2) is 0 Å². The molecule has 2 amide bonds. The van der Waals surface area contributed by atoms with Crippen LogP contribution in [0.25, 0.3) is 0 Å². The van der Waals surface area contributed by atoms with E-state index in [0.717, 1.165) is 32.5 Å². The number of amides is 2. The zero-order chi connectivity index (χ0) is 24.4. The number of fused-ring (bicyclic) bond motifs is 2. The van der Waals surface area contributed by atoms with Crippen molar-refractivity contribution in [3.05, 3.63) is 24.3 Å². The van der Waals surface area contributed by atoms with Gasteiger partial charge < -0.3 is 24.4 Å². The molecule has 0 aromatic carbocycles. The van der Waals surface area contributed by atoms with E-state index in [-0.39, 0.29) is 36.2 Å². The molecular weight excluding hydrogens is 470 g/mol. The van der Waals surface area contributed by atoms with E-state index >= 15 is 0 Å². The highest BCUT2D eigenvalue weighted by Gasteiger charge is 2.70. The van der Waals surface area contributed by atoms with E-state index in [1.165, 1.54) is 0 Å². The van der Waals surface area contributed by atoms with Crippen molar-refractivity contribution in [2.75, 3.05) is 65.7 Å². The van der Waals surface area contributed by atoms with Gasteiger partial charge in [0.2, 0.25) is 11.8 Å². The van der Waals surface area contributed by atoms with Crippen molar-refractivity contribution in [3.63, 3.8) is 0 Å². The lowest BCUT2D eigenvalue weighted by molar-refractivity contribution is -0.153. The van der Waals surface area contributed by atoms with Crippen LogP contribution in [0.1, 0.15) is 19.3 Å². The van der Waals surface area contributed by atoms with E-state index in [4.69, 9.17) is 9.47 Å². The molecule has 0 aromatic heterocycles. The number of carbonyl (C=O) groups is 3. The van der Waals surface area contributed by atoms with Crippen molar-refractivity contribution in [2.45, 2.75) is 35.3 Å². The molecule has 10 heteroatoms. The third kappa shape index (κ3) is 4.54. The van der Waals surface area contributed by atoms with Crippen molar-refractivity contribution in [3.8, 4) is 0 Å². The molecular formula is C25H35N3O6S. The van der Waals surface area contributed by atoms with Gasteiger partial charge in [0.25, 0.3) is 0 Å². The Hall–Kier alpha value is -1.88. The third-order valence-corrected chi connectivity index (χ3v) is 9.53. The minimum Gasteiger partial charge on any atom is -0.465 e. The summed E-state index contributed by atoms with van der Waals surface area (Å²) in [5.74, 6) is -1.88. The molecule has 5 aliphatic heterocycles. The van der Waals surface area contributed by atoms with Gasteiger partial charge >= 0.3 is 5.97 Å². The Balaban J connectivity index is 1.46. The zero-order valence-corrected chi connectivity index (χ0v) is 20.9. The Morgan fingerprint density at radius 1 is 1.06 bits per heavy atom. The van der Waals surface area contributed by atoms with Crippen LogP contribution in [0.15, 0.2) is 24.3 Å². The zero-order valence-electron chi connectivity index (χ0n) is 20.0. The van der Waals surface area contributed by atoms with Crippen molar-refractivity contribution in [2.24, 2.45) is 11.8 Å². The molecule has 0 radical (unpaired) electrons. The summed E-state index contributed by atoms with van der Waals surface area (Å²) in [6.07, 6.45) is 10.1. The van der Waals surface area contributed by atoms with Crippen LogP contribution in [0.3, 0.4) is 0 Å². The number of allylic oxidation sites excluding steroid dienone is 1. The van der Waals surface area contributed by atoms with Crippen molar-refractivity contribution in [1.82, 2.24) is 14.7 Å². The van der Waals surface area contributed by atoms with Crippen LogP contribution in [0.5, 0.6) is 0 Å². The standard InChI is InChI=1S/C25H35N3O6S/c29-14-5-9-28-21-23(31)27(11-10-26-12-16-33-17-13-26)8-4-7-25(21)20(22(28)30)19-18(35-25)6-2-1-3-15-34-24(19)32/h2,4,6-7,18-21,29H,1,3,5,8-17H2/b6-2-/t18-,19+,20-,21?,25-/m0/s1. The van der Waals surface area contributed by atoms with Gasteiger partial charge in [0.05, 0.1) is 36.4 Å². The van der Waals surface area contributed by atoms with Gasteiger partial charge in [0.1, 0.15) is 6.04 Å². The maximum atomic E-state index is 14.1. The highest BCUT2D eigenvalue weighted by atomic mass is 32.2. The summed E-state index contributed by atoms with van der Waals surface area (Å²) < 4.78 is 10.2. The summed E-state index contributed by atoms with van der Waals surface area (Å²) in [6, 6.07) is -0.698. The predicted molar refractivity (Wildman–Crippen MR) is 131 cm³/mol. The molecule has 5 atom stereocenters. The lowest BCUT2D eigenvalue weighted by Gasteiger charge is -2.36. The number of ether oxygens (including phenoxy) is 2. The minimum atomic E-state index is -0.824. The normalized spacial score (nSPS) is 36.5. The second-order valence-electron chi connectivity index (χ2n) is 9.83. The molecule has 35 heavy (non-hydrogen) atoms. The fraction of sp³-hybridized carbons (Fsp3) is 0.720. The maximum absolute atomic E-state index is 14.1. The SMILES string of the molecule is O=C1OCCC/C=C\[C@@H]2S[C@]34C=CCN(CCN5CCOCC5)C(=O)C3N(CCCO)C(=O)[C@@H]4[C@H]12. The number of carbonyl (C=O) groups excluding carboxylic acids is 3. The number of likely N-dealkylation sites (tertiary alicyclic amines) is 1. The molecule has 3 fully saturated rings. The van der Waals surface area contributed by atoms with Crippen LogP contribution >= 0.6 is 11.8 Å². The number of nitrogens with zero attached hydrogens (tertiary/aromatic N) is 3. The summed E-state index contributed by atoms with van der Waals surface area (Å²) in [5, 5.41) is 9.28. The van der Waals surface area contributed by atoms with E-state index < -0.39 is 22.6 Å². The molecule has 1 spiro atoms. The Labute approximate surface area is 210 Å². The second kappa shape index (κ2) is 10.6. The predicted octanol–water partition coefficient (Wildman–Crippen LogP) is 0.290. The van der Waals surface area contributed by atoms with Crippen molar-refractivity contribution in [1.29, 1.82) is 0 Å². The maximum Gasteiger partial charge on any atom is 0.311 e. The number of hydrogen-bond donors (Lipinski definition) is 1. The topological polar surface area (TPSA) is 99.6 Å². The van der Waals surface area contributed by atoms with Crippen LogP contribution in [0.2, 0.25) is 0 Å². The van der Waals surface area contributed by atoms with E-state index in [1.54, 1.807) is 16.7 Å². The molecule has 0 bridgehead atoms. The number of rotatable bonds is 6. The van der Waals surface area contributed by atoms with E-state index in [9.17, 15) is 19.5 Å². The molecule has 1 N–H and O–H groups in total. The van der Waals surface area contributed by atoms with Gasteiger partial charge in [-0.3, -0.25) is 19.3 Å². The summed E-state index contributed by atoms with van der Waals surface area (Å²) in [4.78, 5) is 46.9. The largest absolute Gasteiger partial charge is 0.465 e. The van der Waals surface area contributed by atoms with Crippen LogP contribution in [-0.4, -0.2) is 119 Å². The highest BCUT2D eigenvalue weighted by molar-refractivity contribution is 8.02. The minimum absolute atomic E-state index is 0.0666. The van der Waals surface area contributed by atoms with E-state index in [1.807, 2.05) is 23.1 Å². The molecule has 192 valence electrons. The number of aliphatic hydroxyl groups is 1. The van der Waals surface area contributed by atoms with E-state index in [0.29, 0.717) is 39.3 Å². The van der Waals surface area contributed by atoms with Gasteiger partial charge in [-0.1, -0.05) is 24.3 Å². The Morgan fingerprint density at radius 3 is 2.69 bits per heavy atom. The number of hydrogen-bond acceptors (Lipinski definition) is 8. The Kier molecular flexibility index (Phi) is 7.52. The lowest BCUT2D eigenvalue weighted by Crippen LogP contribution is -2.54. The highest BCUT2D eigenvalue weighted by Crippen LogP contribution is 2.60. The number of aliphatic hydroxyl groups excluding tert-OH is 1. The molecule has 0 aliphatic carbocycles. The third-order valence-electron chi connectivity index (χ3n) is 7.78. The number of thioether (sulfide) groups is 1. The van der Waals surface area contributed by atoms with Crippen molar-refractivity contribution < 1.29 is 29.0 Å². The first-order valence-electron chi connectivity index (χ1n) is 12.8. The first kappa shape index (κ1) is 24.8. The van der Waals surface area contributed by atoms with E-state index in [2.05, 4.69) is 11.0 Å². The average Bonchev–Trinajstić information content (AvgIpc) is 3.27. The molecule has 3 saturated heterocycles. The van der Waals surface area contributed by atoms with Gasteiger partial charge in [-0.05, 0) is 19.3 Å². The monoisotopic (exact) mass is 505 g/mol. The molecule has 0 aromatic rings. The van der Waals surface area contributed by atoms with Crippen LogP contribution < -0.4 is 0 Å². The van der Waals surface area contributed by atoms with Gasteiger partial charge in [-0.15, -0.1) is 11.8 Å². The second-order valence-corrected chi connectivity index (χ2v) is 11.3. The number of morpholine rings is 1. The average molecular weight is 506 g/mol. The molecule has 5 heterocycles. The Bertz CT molecular complexity index is 890. The first-order chi connectivity index (χ1) is 17.1. The molecule has 9 nitrogen and oxygen atoms in total. The van der Waals surface area contributed by atoms with Gasteiger partial charge in [-0.2, -0.15) is 0 Å². The van der Waals surface area contributed by atoms with Crippen LogP contribution in [-0.2, 0) is 23.9 Å². The van der Waals surface area contributed by atoms with Gasteiger partial charge in [0.15, 0.2) is 0 Å². The smallest absolute Gasteiger partial charge is 0.311 e. The van der Waals surface area contributed by atoms with Crippen LogP contribution in [0, 0.1) is 11.8 Å². The summed E-state index contributed by atoms with van der Waals surface area (Å²) >= 11 is 1.56. The molecule has 5 rings (SSSR count). The molecule has 1 unspecified atom stereocenters. The summed E-state index contributed by atoms with van der Waals surface area (Å²) in [6.45, 7) is 5.47. The number of cyclic esters (lactones) is 1. The summed E-state index contributed by atoms with van der Waals surface area (Å²) in [5.41, 5.74) is 0. The van der Waals surface area contributed by atoms with Gasteiger partial charge in [0, 0.05) is 51.1 Å². The fourth-order valence-corrected chi connectivity index (χ4v) is 8.07. The van der Waals surface area contributed by atoms with Crippen LogP contribution in [0.4, 0.5) is 0 Å². The summed E-state index contributed by atoms with van der Waals surface area (Å²) in [7, 11) is 0. The molecule has 0 saturated carbocycles. The lowest BCUT2D eigenvalue weighted by atomic mass is 9.78. The molecule has 5 aliphatic rings.